The number of rotatable bonds is 9. The van der Waals surface area contributed by atoms with Crippen LogP contribution in [0.2, 0.25) is 10.0 Å². The Morgan fingerprint density at radius 1 is 1.14 bits per heavy atom. The summed E-state index contributed by atoms with van der Waals surface area (Å²) in [6.45, 7) is 2.84. The van der Waals surface area contributed by atoms with Crippen LogP contribution in [0.15, 0.2) is 27.9 Å². The van der Waals surface area contributed by atoms with E-state index in [1.54, 1.807) is 25.3 Å². The van der Waals surface area contributed by atoms with Crippen LogP contribution in [0.25, 0.3) is 0 Å². The molecule has 0 radical (unpaired) electrons. The van der Waals surface area contributed by atoms with E-state index >= 15 is 0 Å². The third-order valence-corrected chi connectivity index (χ3v) is 3.14. The minimum absolute atomic E-state index is 0.131. The van der Waals surface area contributed by atoms with Gasteiger partial charge in [0.2, 0.25) is 0 Å². The van der Waals surface area contributed by atoms with Gasteiger partial charge in [-0.2, -0.15) is 0 Å². The van der Waals surface area contributed by atoms with Crippen LogP contribution in [0.1, 0.15) is 13.3 Å². The molecule has 122 valence electrons. The molecule has 0 unspecified atom stereocenters. The molecule has 0 amide bonds. The number of oxime groups is 1. The highest BCUT2D eigenvalue weighted by Gasteiger charge is 2.10. The van der Waals surface area contributed by atoms with Crippen LogP contribution in [0.5, 0.6) is 11.5 Å². The Kier molecular flexibility index (Phi) is 9.48. The topological polar surface area (TPSA) is 40.0 Å². The van der Waals surface area contributed by atoms with Gasteiger partial charge >= 0.3 is 0 Å². The van der Waals surface area contributed by atoms with E-state index in [1.165, 1.54) is 6.08 Å². The molecular formula is C14H15Cl4NO3. The second-order valence-corrected chi connectivity index (χ2v) is 5.74. The van der Waals surface area contributed by atoms with Crippen LogP contribution in [0.3, 0.4) is 0 Å². The smallest absolute Gasteiger partial charge is 0.156 e. The first-order chi connectivity index (χ1) is 10.5. The van der Waals surface area contributed by atoms with Gasteiger partial charge in [-0.15, -0.1) is 0 Å². The average molecular weight is 387 g/mol. The number of benzene rings is 1. The van der Waals surface area contributed by atoms with Gasteiger partial charge < -0.3 is 14.3 Å². The minimum atomic E-state index is 0.131. The quantitative estimate of drug-likeness (QED) is 0.320. The molecule has 0 saturated carbocycles. The Hall–Kier alpha value is -0.810. The maximum atomic E-state index is 6.13. The predicted molar refractivity (Wildman–Crippen MR) is 92.0 cm³/mol. The highest BCUT2D eigenvalue weighted by Crippen LogP contribution is 2.37. The third kappa shape index (κ3) is 7.45. The van der Waals surface area contributed by atoms with Gasteiger partial charge in [-0.25, -0.2) is 0 Å². The second kappa shape index (κ2) is 10.8. The maximum absolute atomic E-state index is 6.13. The summed E-state index contributed by atoms with van der Waals surface area (Å²) < 4.78 is 11.1. The summed E-state index contributed by atoms with van der Waals surface area (Å²) >= 11 is 23.2. The standard InChI is InChI=1S/C14H15Cl4NO3/c1-2-19-22-6-3-5-21-14-11(15)8-10(9-12(14)16)20-7-4-13(17)18/h2,4,8-9H,3,5-7H2,1H3/b19-2-. The van der Waals surface area contributed by atoms with Gasteiger partial charge in [0.15, 0.2) is 5.75 Å². The number of halogens is 4. The number of ether oxygens (including phenoxy) is 2. The molecule has 0 heterocycles. The van der Waals surface area contributed by atoms with Gasteiger partial charge in [0.1, 0.15) is 23.5 Å². The van der Waals surface area contributed by atoms with E-state index in [0.717, 1.165) is 0 Å². The summed E-state index contributed by atoms with van der Waals surface area (Å²) in [7, 11) is 0. The molecule has 0 aromatic heterocycles. The molecule has 1 aromatic carbocycles. The van der Waals surface area contributed by atoms with E-state index in [9.17, 15) is 0 Å². The van der Waals surface area contributed by atoms with E-state index in [-0.39, 0.29) is 11.1 Å². The molecule has 0 saturated heterocycles. The lowest BCUT2D eigenvalue weighted by Gasteiger charge is -2.12. The summed E-state index contributed by atoms with van der Waals surface area (Å²) in [5.41, 5.74) is 0. The summed E-state index contributed by atoms with van der Waals surface area (Å²) in [6.07, 6.45) is 3.73. The zero-order chi connectivity index (χ0) is 16.4. The van der Waals surface area contributed by atoms with Crippen molar-refractivity contribution < 1.29 is 14.3 Å². The van der Waals surface area contributed by atoms with E-state index in [4.69, 9.17) is 60.7 Å². The predicted octanol–water partition coefficient (Wildman–Crippen LogP) is 5.48. The molecule has 0 bridgehead atoms. The summed E-state index contributed by atoms with van der Waals surface area (Å²) in [5, 5.41) is 4.35. The van der Waals surface area contributed by atoms with Gasteiger partial charge in [-0.1, -0.05) is 51.6 Å². The number of nitrogens with zero attached hydrogens (tertiary/aromatic N) is 1. The molecule has 0 spiro atoms. The Labute approximate surface area is 149 Å². The van der Waals surface area contributed by atoms with E-state index < -0.39 is 0 Å². The van der Waals surface area contributed by atoms with Crippen LogP contribution < -0.4 is 9.47 Å². The van der Waals surface area contributed by atoms with Crippen LogP contribution in [0, 0.1) is 0 Å². The highest BCUT2D eigenvalue weighted by atomic mass is 35.5. The van der Waals surface area contributed by atoms with Crippen molar-refractivity contribution >= 4 is 52.6 Å². The van der Waals surface area contributed by atoms with Crippen LogP contribution in [-0.2, 0) is 4.84 Å². The van der Waals surface area contributed by atoms with E-state index in [2.05, 4.69) is 5.16 Å². The summed E-state index contributed by atoms with van der Waals surface area (Å²) in [6, 6.07) is 3.22. The first-order valence-electron chi connectivity index (χ1n) is 6.40. The molecule has 0 aliphatic heterocycles. The average Bonchev–Trinajstić information content (AvgIpc) is 2.44. The molecule has 4 nitrogen and oxygen atoms in total. The maximum Gasteiger partial charge on any atom is 0.156 e. The first kappa shape index (κ1) is 19.2. The van der Waals surface area contributed by atoms with Gasteiger partial charge in [-0.05, 0) is 13.0 Å². The van der Waals surface area contributed by atoms with Gasteiger partial charge in [0.25, 0.3) is 0 Å². The lowest BCUT2D eigenvalue weighted by Crippen LogP contribution is -2.02. The molecule has 0 fully saturated rings. The van der Waals surface area contributed by atoms with Crippen molar-refractivity contribution in [1.82, 2.24) is 0 Å². The number of hydrogen-bond donors (Lipinski definition) is 0. The van der Waals surface area contributed by atoms with Crippen molar-refractivity contribution in [2.45, 2.75) is 13.3 Å². The second-order valence-electron chi connectivity index (χ2n) is 3.92. The van der Waals surface area contributed by atoms with Gasteiger partial charge in [0, 0.05) is 24.8 Å². The zero-order valence-electron chi connectivity index (χ0n) is 11.8. The van der Waals surface area contributed by atoms with E-state index in [1.807, 2.05) is 0 Å². The molecule has 1 aromatic rings. The Morgan fingerprint density at radius 2 is 1.82 bits per heavy atom. The van der Waals surface area contributed by atoms with Crippen molar-refractivity contribution in [3.05, 3.63) is 32.7 Å². The largest absolute Gasteiger partial charge is 0.490 e. The van der Waals surface area contributed by atoms with Crippen molar-refractivity contribution in [3.8, 4) is 11.5 Å². The highest BCUT2D eigenvalue weighted by molar-refractivity contribution is 6.55. The zero-order valence-corrected chi connectivity index (χ0v) is 14.8. The fraction of sp³-hybridized carbons (Fsp3) is 0.357. The van der Waals surface area contributed by atoms with Gasteiger partial charge in [0.05, 0.1) is 16.7 Å². The first-order valence-corrected chi connectivity index (χ1v) is 7.91. The summed E-state index contributed by atoms with van der Waals surface area (Å²) in [4.78, 5) is 4.94. The monoisotopic (exact) mass is 385 g/mol. The fourth-order valence-corrected chi connectivity index (χ4v) is 2.09. The van der Waals surface area contributed by atoms with Crippen molar-refractivity contribution in [2.24, 2.45) is 5.16 Å². The Balaban J connectivity index is 2.52. The Bertz CT molecular complexity index is 508. The number of hydrogen-bond acceptors (Lipinski definition) is 4. The van der Waals surface area contributed by atoms with Gasteiger partial charge in [-0.3, -0.25) is 0 Å². The lowest BCUT2D eigenvalue weighted by atomic mass is 10.3. The van der Waals surface area contributed by atoms with Crippen LogP contribution in [0.4, 0.5) is 0 Å². The normalized spacial score (nSPS) is 10.6. The molecule has 22 heavy (non-hydrogen) atoms. The molecule has 0 aliphatic rings. The van der Waals surface area contributed by atoms with E-state index in [0.29, 0.717) is 41.2 Å². The third-order valence-electron chi connectivity index (χ3n) is 2.27. The molecule has 1 rings (SSSR count). The van der Waals surface area contributed by atoms with Crippen LogP contribution in [-0.4, -0.2) is 26.0 Å². The Morgan fingerprint density at radius 3 is 2.41 bits per heavy atom. The molecule has 0 N–H and O–H groups in total. The fourth-order valence-electron chi connectivity index (χ4n) is 1.38. The minimum Gasteiger partial charge on any atom is -0.490 e. The van der Waals surface area contributed by atoms with Crippen molar-refractivity contribution in [3.63, 3.8) is 0 Å². The molecular weight excluding hydrogens is 372 g/mol. The van der Waals surface area contributed by atoms with Crippen molar-refractivity contribution in [2.75, 3.05) is 19.8 Å². The van der Waals surface area contributed by atoms with Crippen molar-refractivity contribution in [1.29, 1.82) is 0 Å². The summed E-state index contributed by atoms with van der Waals surface area (Å²) in [5.74, 6) is 0.898. The molecule has 8 heteroatoms. The lowest BCUT2D eigenvalue weighted by molar-refractivity contribution is 0.129. The molecule has 0 atom stereocenters. The SMILES string of the molecule is C/C=N\OCCCOc1c(Cl)cc(OCC=C(Cl)Cl)cc1Cl. The molecule has 0 aliphatic carbocycles. The van der Waals surface area contributed by atoms with Crippen LogP contribution >= 0.6 is 46.4 Å².